The summed E-state index contributed by atoms with van der Waals surface area (Å²) in [5.74, 6) is 0. The van der Waals surface area contributed by atoms with Crippen LogP contribution in [0, 0.1) is 0 Å². The largest absolute Gasteiger partial charge is 0.286 e. The van der Waals surface area contributed by atoms with Crippen molar-refractivity contribution in [1.29, 1.82) is 0 Å². The van der Waals surface area contributed by atoms with Crippen LogP contribution in [-0.4, -0.2) is 39.6 Å². The average Bonchev–Trinajstić information content (AvgIpc) is 2.63. The molecule has 0 N–H and O–H groups in total. The van der Waals surface area contributed by atoms with E-state index in [4.69, 9.17) is 23.2 Å². The van der Waals surface area contributed by atoms with Crippen LogP contribution in [0.25, 0.3) is 0 Å². The van der Waals surface area contributed by atoms with Crippen molar-refractivity contribution in [3.05, 3.63) is 35.9 Å². The molecule has 0 atom stereocenters. The van der Waals surface area contributed by atoms with E-state index in [2.05, 4.69) is 9.34 Å². The molecule has 3 nitrogen and oxygen atoms in total. The zero-order valence-electron chi connectivity index (χ0n) is 14.2. The van der Waals surface area contributed by atoms with Gasteiger partial charge in [0.25, 0.3) is 7.44 Å². The topological polar surface area (TPSA) is 23.6 Å². The predicted octanol–water partition coefficient (Wildman–Crippen LogP) is 5.53. The lowest BCUT2D eigenvalue weighted by Gasteiger charge is -2.47. The number of hydrogen-bond acceptors (Lipinski definition) is 1. The molecule has 2 heterocycles. The highest BCUT2D eigenvalue weighted by Crippen LogP contribution is 2.69. The Balaban J connectivity index is 1.91. The van der Waals surface area contributed by atoms with Gasteiger partial charge >= 0.3 is 0 Å². The van der Waals surface area contributed by atoms with E-state index in [9.17, 15) is 4.57 Å². The molecular weight excluding hydrogens is 362 g/mol. The van der Waals surface area contributed by atoms with Crippen LogP contribution in [0.1, 0.15) is 44.1 Å². The highest BCUT2D eigenvalue weighted by Gasteiger charge is 2.53. The fourth-order valence-corrected chi connectivity index (χ4v) is 8.65. The quantitative estimate of drug-likeness (QED) is 0.489. The van der Waals surface area contributed by atoms with Crippen LogP contribution in [0.2, 0.25) is 0 Å². The molecule has 0 amide bonds. The molecule has 2 aliphatic heterocycles. The molecule has 6 heteroatoms. The van der Waals surface area contributed by atoms with E-state index in [1.54, 1.807) is 0 Å². The van der Waals surface area contributed by atoms with Crippen LogP contribution in [0.3, 0.4) is 0 Å². The second-order valence-electron chi connectivity index (χ2n) is 6.90. The molecule has 2 aliphatic rings. The lowest BCUT2D eigenvalue weighted by atomic mass is 10.2. The summed E-state index contributed by atoms with van der Waals surface area (Å²) >= 11 is 13.7. The predicted molar refractivity (Wildman–Crippen MR) is 103 cm³/mol. The van der Waals surface area contributed by atoms with Crippen molar-refractivity contribution < 1.29 is 4.57 Å². The summed E-state index contributed by atoms with van der Waals surface area (Å²) in [4.78, 5) is 0. The normalized spacial score (nSPS) is 21.8. The first kappa shape index (κ1) is 18.7. The second-order valence-corrected chi connectivity index (χ2v) is 11.9. The van der Waals surface area contributed by atoms with Gasteiger partial charge in [0.15, 0.2) is 0 Å². The molecule has 1 aromatic rings. The molecule has 0 spiro atoms. The van der Waals surface area contributed by atoms with Crippen molar-refractivity contribution in [2.45, 2.75) is 49.0 Å². The van der Waals surface area contributed by atoms with Crippen LogP contribution >= 0.6 is 30.6 Å². The minimum atomic E-state index is -3.04. The molecule has 0 bridgehead atoms. The minimum Gasteiger partial charge on any atom is -0.286 e. The number of alkyl halides is 2. The van der Waals surface area contributed by atoms with E-state index in [0.29, 0.717) is 6.42 Å². The van der Waals surface area contributed by atoms with Gasteiger partial charge in [-0.05, 0) is 31.2 Å². The molecule has 134 valence electrons. The van der Waals surface area contributed by atoms with Gasteiger partial charge in [-0.25, -0.2) is 9.34 Å². The number of benzene rings is 1. The summed E-state index contributed by atoms with van der Waals surface area (Å²) in [6.45, 7) is 3.35. The number of halogens is 2. The van der Waals surface area contributed by atoms with Crippen molar-refractivity contribution in [2.75, 3.05) is 26.2 Å². The zero-order chi connectivity index (χ0) is 17.0. The van der Waals surface area contributed by atoms with E-state index >= 15 is 0 Å². The van der Waals surface area contributed by atoms with Crippen molar-refractivity contribution in [3.8, 4) is 0 Å². The number of hydrogen-bond donors (Lipinski definition) is 0. The Morgan fingerprint density at radius 1 is 0.833 bits per heavy atom. The fraction of sp³-hybridized carbons (Fsp3) is 0.667. The van der Waals surface area contributed by atoms with E-state index in [1.807, 2.05) is 30.3 Å². The first-order valence-electron chi connectivity index (χ1n) is 9.07. The number of nitrogens with zero attached hydrogens (tertiary/aromatic N) is 2. The van der Waals surface area contributed by atoms with Crippen LogP contribution < -0.4 is 0 Å². The summed E-state index contributed by atoms with van der Waals surface area (Å²) < 4.78 is 17.3. The molecule has 2 fully saturated rings. The van der Waals surface area contributed by atoms with Gasteiger partial charge in [0.1, 0.15) is 0 Å². The van der Waals surface area contributed by atoms with E-state index in [1.165, 1.54) is 12.8 Å². The van der Waals surface area contributed by atoms with Crippen LogP contribution in [0.5, 0.6) is 0 Å². The Bertz CT molecular complexity index is 548. The second kappa shape index (κ2) is 8.10. The first-order valence-corrected chi connectivity index (χ1v) is 11.4. The highest BCUT2D eigenvalue weighted by atomic mass is 35.5. The third-order valence-corrected chi connectivity index (χ3v) is 10.0. The summed E-state index contributed by atoms with van der Waals surface area (Å²) in [7, 11) is -3.04. The molecular formula is C18H27Cl2N2OP. The smallest absolute Gasteiger partial charge is 0.251 e. The SMILES string of the molecule is O=P(N1CCCCC1)(N1CCCCC1)C(Cl)(Cl)Cc1ccccc1. The number of piperidine rings is 2. The maximum atomic E-state index is 14.3. The van der Waals surface area contributed by atoms with E-state index in [0.717, 1.165) is 57.4 Å². The number of rotatable bonds is 5. The maximum Gasteiger partial charge on any atom is 0.251 e. The molecule has 0 unspecified atom stereocenters. The van der Waals surface area contributed by atoms with Gasteiger partial charge in [-0.3, -0.25) is 4.57 Å². The highest BCUT2D eigenvalue weighted by molar-refractivity contribution is 7.64. The Kier molecular flexibility index (Phi) is 6.32. The minimum absolute atomic E-state index is 0.418. The fourth-order valence-electron chi connectivity index (χ4n) is 3.83. The van der Waals surface area contributed by atoms with Crippen molar-refractivity contribution in [1.82, 2.24) is 9.34 Å². The zero-order valence-corrected chi connectivity index (χ0v) is 16.6. The first-order chi connectivity index (χ1) is 11.5. The Hall–Kier alpha value is -0.0500. The summed E-state index contributed by atoms with van der Waals surface area (Å²) in [5.41, 5.74) is 1.04. The molecule has 0 aromatic heterocycles. The van der Waals surface area contributed by atoms with Gasteiger partial charge in [0.05, 0.1) is 0 Å². The molecule has 3 rings (SSSR count). The third kappa shape index (κ3) is 3.86. The summed E-state index contributed by atoms with van der Waals surface area (Å²) in [6, 6.07) is 9.95. The molecule has 0 saturated carbocycles. The van der Waals surface area contributed by atoms with Gasteiger partial charge in [-0.1, -0.05) is 66.4 Å². The molecule has 2 saturated heterocycles. The van der Waals surface area contributed by atoms with Crippen LogP contribution in [-0.2, 0) is 11.0 Å². The van der Waals surface area contributed by atoms with Crippen LogP contribution in [0.4, 0.5) is 0 Å². The van der Waals surface area contributed by atoms with Gasteiger partial charge in [-0.15, -0.1) is 0 Å². The standard InChI is InChI=1S/C18H27Cl2N2OP/c19-18(20,16-17-10-4-1-5-11-17)24(23,21-12-6-2-7-13-21)22-14-8-3-9-15-22/h1,4-5,10-11H,2-3,6-9,12-16H2. The lowest BCUT2D eigenvalue weighted by molar-refractivity contribution is 0.271. The van der Waals surface area contributed by atoms with Gasteiger partial charge < -0.3 is 0 Å². The Morgan fingerprint density at radius 2 is 1.29 bits per heavy atom. The third-order valence-electron chi connectivity index (χ3n) is 5.12. The molecule has 24 heavy (non-hydrogen) atoms. The van der Waals surface area contributed by atoms with Crippen LogP contribution in [0.15, 0.2) is 30.3 Å². The van der Waals surface area contributed by atoms with Gasteiger partial charge in [-0.2, -0.15) is 0 Å². The monoisotopic (exact) mass is 388 g/mol. The maximum absolute atomic E-state index is 14.3. The molecule has 1 aromatic carbocycles. The lowest BCUT2D eigenvalue weighted by Crippen LogP contribution is -2.44. The molecule has 0 radical (unpaired) electrons. The van der Waals surface area contributed by atoms with E-state index < -0.39 is 11.5 Å². The summed E-state index contributed by atoms with van der Waals surface area (Å²) in [5, 5.41) is 0. The van der Waals surface area contributed by atoms with Crippen molar-refractivity contribution in [3.63, 3.8) is 0 Å². The summed E-state index contributed by atoms with van der Waals surface area (Å²) in [6.07, 6.45) is 7.13. The Morgan fingerprint density at radius 3 is 1.75 bits per heavy atom. The van der Waals surface area contributed by atoms with E-state index in [-0.39, 0.29) is 0 Å². The van der Waals surface area contributed by atoms with Crippen molar-refractivity contribution in [2.24, 2.45) is 0 Å². The van der Waals surface area contributed by atoms with Gasteiger partial charge in [0, 0.05) is 32.6 Å². The van der Waals surface area contributed by atoms with Gasteiger partial charge in [0.2, 0.25) is 4.07 Å². The Labute approximate surface area is 155 Å². The molecule has 0 aliphatic carbocycles. The average molecular weight is 389 g/mol. The van der Waals surface area contributed by atoms with Crippen molar-refractivity contribution >= 4 is 30.6 Å².